The molecular weight excluding hydrogens is 167 g/mol. The predicted molar refractivity (Wildman–Crippen MR) is 54.3 cm³/mol. The van der Waals surface area contributed by atoms with Gasteiger partial charge in [0, 0.05) is 7.49 Å². The lowest BCUT2D eigenvalue weighted by molar-refractivity contribution is 0.620. The van der Waals surface area contributed by atoms with Crippen LogP contribution in [0.1, 0.15) is 20.8 Å². The van der Waals surface area contributed by atoms with Crippen molar-refractivity contribution >= 4 is 11.0 Å². The standard InChI is InChI=1S/C8H7FN2.C2H6.H2/c1-5-2-7-8(3-6(5)9)11-4-10-7;1-2;/h2-4H,1H3,(H,10,11);1-2H3;1H. The van der Waals surface area contributed by atoms with Crippen LogP contribution in [0.4, 0.5) is 4.39 Å². The van der Waals surface area contributed by atoms with Gasteiger partial charge in [0.1, 0.15) is 5.82 Å². The first-order valence-electron chi connectivity index (χ1n) is 4.36. The van der Waals surface area contributed by atoms with E-state index < -0.39 is 0 Å². The summed E-state index contributed by atoms with van der Waals surface area (Å²) in [6.45, 7) is 5.73. The highest BCUT2D eigenvalue weighted by Crippen LogP contribution is 2.14. The van der Waals surface area contributed by atoms with Gasteiger partial charge in [-0.25, -0.2) is 9.37 Å². The van der Waals surface area contributed by atoms with Gasteiger partial charge in [0.2, 0.25) is 0 Å². The van der Waals surface area contributed by atoms with Gasteiger partial charge < -0.3 is 4.98 Å². The molecule has 1 aromatic heterocycles. The van der Waals surface area contributed by atoms with Crippen molar-refractivity contribution in [3.63, 3.8) is 0 Å². The number of imidazole rings is 1. The smallest absolute Gasteiger partial charge is 0.128 e. The number of fused-ring (bicyclic) bond motifs is 1. The van der Waals surface area contributed by atoms with Crippen LogP contribution in [0.2, 0.25) is 0 Å². The maximum absolute atomic E-state index is 12.9. The van der Waals surface area contributed by atoms with Gasteiger partial charge in [0.05, 0.1) is 17.4 Å². The molecular formula is C10H15FN2. The third-order valence-electron chi connectivity index (χ3n) is 1.70. The summed E-state index contributed by atoms with van der Waals surface area (Å²) in [5.41, 5.74) is 2.19. The van der Waals surface area contributed by atoms with Crippen LogP contribution in [-0.4, -0.2) is 9.97 Å². The average Bonchev–Trinajstić information content (AvgIpc) is 2.56. The average molecular weight is 182 g/mol. The first-order valence-corrected chi connectivity index (χ1v) is 4.36. The lowest BCUT2D eigenvalue weighted by Crippen LogP contribution is -1.81. The minimum Gasteiger partial charge on any atom is -0.345 e. The number of rotatable bonds is 0. The van der Waals surface area contributed by atoms with Crippen molar-refractivity contribution in [3.8, 4) is 0 Å². The number of halogens is 1. The van der Waals surface area contributed by atoms with E-state index in [-0.39, 0.29) is 7.24 Å². The molecule has 1 aromatic carbocycles. The van der Waals surface area contributed by atoms with E-state index in [4.69, 9.17) is 0 Å². The normalized spacial score (nSPS) is 9.54. The van der Waals surface area contributed by atoms with Gasteiger partial charge in [-0.3, -0.25) is 0 Å². The summed E-state index contributed by atoms with van der Waals surface area (Å²) in [4.78, 5) is 6.83. The molecule has 0 saturated carbocycles. The van der Waals surface area contributed by atoms with Crippen LogP contribution < -0.4 is 0 Å². The highest BCUT2D eigenvalue weighted by Gasteiger charge is 2.00. The van der Waals surface area contributed by atoms with Crippen molar-refractivity contribution < 1.29 is 5.82 Å². The van der Waals surface area contributed by atoms with Gasteiger partial charge in [0.25, 0.3) is 0 Å². The molecule has 0 unspecified atom stereocenters. The Balaban J connectivity index is 0.000000531. The molecule has 2 rings (SSSR count). The monoisotopic (exact) mass is 182 g/mol. The maximum atomic E-state index is 12.9. The van der Waals surface area contributed by atoms with Gasteiger partial charge >= 0.3 is 0 Å². The Bertz CT molecular complexity index is 362. The number of hydrogen-bond acceptors (Lipinski definition) is 1. The zero-order chi connectivity index (χ0) is 9.84. The second-order valence-corrected chi connectivity index (χ2v) is 2.52. The molecule has 0 saturated heterocycles. The molecule has 1 N–H and O–H groups in total. The molecule has 13 heavy (non-hydrogen) atoms. The van der Waals surface area contributed by atoms with Crippen LogP contribution in [0, 0.1) is 12.7 Å². The zero-order valence-electron chi connectivity index (χ0n) is 8.06. The van der Waals surface area contributed by atoms with Crippen LogP contribution in [0.3, 0.4) is 0 Å². The Hall–Kier alpha value is -1.38. The lowest BCUT2D eigenvalue weighted by atomic mass is 10.2. The molecule has 0 aliphatic carbocycles. The third-order valence-corrected chi connectivity index (χ3v) is 1.70. The van der Waals surface area contributed by atoms with Gasteiger partial charge in [0.15, 0.2) is 0 Å². The van der Waals surface area contributed by atoms with Gasteiger partial charge in [-0.1, -0.05) is 13.8 Å². The number of H-pyrrole nitrogens is 1. The second kappa shape index (κ2) is 4.03. The molecule has 0 amide bonds. The fraction of sp³-hybridized carbons (Fsp3) is 0.300. The fourth-order valence-electron chi connectivity index (χ4n) is 1.06. The second-order valence-electron chi connectivity index (χ2n) is 2.52. The van der Waals surface area contributed by atoms with Gasteiger partial charge in [-0.2, -0.15) is 0 Å². The maximum Gasteiger partial charge on any atom is 0.128 e. The van der Waals surface area contributed by atoms with Gasteiger partial charge in [-0.05, 0) is 18.6 Å². The van der Waals surface area contributed by atoms with E-state index in [1.165, 1.54) is 6.07 Å². The Kier molecular flexibility index (Phi) is 3.01. The van der Waals surface area contributed by atoms with Gasteiger partial charge in [-0.15, -0.1) is 0 Å². The highest BCUT2D eigenvalue weighted by molar-refractivity contribution is 5.75. The van der Waals surface area contributed by atoms with Crippen molar-refractivity contribution in [1.82, 2.24) is 9.97 Å². The number of aromatic amines is 1. The zero-order valence-corrected chi connectivity index (χ0v) is 8.06. The number of nitrogens with one attached hydrogen (secondary N) is 1. The summed E-state index contributed by atoms with van der Waals surface area (Å²) in [6.07, 6.45) is 1.56. The topological polar surface area (TPSA) is 28.7 Å². The number of hydrogen-bond donors (Lipinski definition) is 1. The first kappa shape index (κ1) is 9.71. The third kappa shape index (κ3) is 1.86. The fourth-order valence-corrected chi connectivity index (χ4v) is 1.06. The highest BCUT2D eigenvalue weighted by atomic mass is 19.1. The van der Waals surface area contributed by atoms with Crippen molar-refractivity contribution in [2.45, 2.75) is 20.8 Å². The van der Waals surface area contributed by atoms with Crippen LogP contribution in [0.25, 0.3) is 11.0 Å². The first-order chi connectivity index (χ1) is 6.27. The van der Waals surface area contributed by atoms with E-state index in [1.807, 2.05) is 13.8 Å². The van der Waals surface area contributed by atoms with E-state index in [1.54, 1.807) is 19.3 Å². The summed E-state index contributed by atoms with van der Waals surface area (Å²) < 4.78 is 12.9. The van der Waals surface area contributed by atoms with Crippen molar-refractivity contribution in [1.29, 1.82) is 0 Å². The number of nitrogens with zero attached hydrogens (tertiary/aromatic N) is 1. The Morgan fingerprint density at radius 1 is 1.38 bits per heavy atom. The van der Waals surface area contributed by atoms with Crippen LogP contribution in [-0.2, 0) is 0 Å². The predicted octanol–water partition coefficient (Wildman–Crippen LogP) is 3.28. The molecule has 0 aliphatic heterocycles. The summed E-state index contributed by atoms with van der Waals surface area (Å²) in [6, 6.07) is 3.18. The molecule has 2 nitrogen and oxygen atoms in total. The molecule has 0 radical (unpaired) electrons. The van der Waals surface area contributed by atoms with Crippen LogP contribution >= 0.6 is 0 Å². The number of aryl methyl sites for hydroxylation is 1. The van der Waals surface area contributed by atoms with E-state index >= 15 is 0 Å². The summed E-state index contributed by atoms with van der Waals surface area (Å²) in [5.74, 6) is -0.204. The summed E-state index contributed by atoms with van der Waals surface area (Å²) in [7, 11) is 0. The Morgan fingerprint density at radius 2 is 2.08 bits per heavy atom. The molecule has 72 valence electrons. The van der Waals surface area contributed by atoms with Crippen LogP contribution in [0.5, 0.6) is 0 Å². The number of benzene rings is 1. The van der Waals surface area contributed by atoms with Crippen molar-refractivity contribution in [3.05, 3.63) is 29.8 Å². The lowest BCUT2D eigenvalue weighted by Gasteiger charge is -1.93. The molecule has 0 fully saturated rings. The molecule has 1 heterocycles. The van der Waals surface area contributed by atoms with E-state index in [0.29, 0.717) is 11.1 Å². The summed E-state index contributed by atoms with van der Waals surface area (Å²) >= 11 is 0. The molecule has 2 aromatic rings. The largest absolute Gasteiger partial charge is 0.345 e. The quantitative estimate of drug-likeness (QED) is 0.665. The van der Waals surface area contributed by atoms with E-state index in [0.717, 1.165) is 5.52 Å². The number of aromatic nitrogens is 2. The van der Waals surface area contributed by atoms with E-state index in [2.05, 4.69) is 9.97 Å². The molecule has 0 bridgehead atoms. The Labute approximate surface area is 78.3 Å². The van der Waals surface area contributed by atoms with E-state index in [9.17, 15) is 4.39 Å². The minimum atomic E-state index is -0.204. The van der Waals surface area contributed by atoms with Crippen LogP contribution in [0.15, 0.2) is 18.5 Å². The SMILES string of the molecule is CC.Cc1cc2[nH]cnc2cc1F.[HH]. The molecule has 0 spiro atoms. The van der Waals surface area contributed by atoms with Crippen molar-refractivity contribution in [2.75, 3.05) is 0 Å². The molecule has 0 aliphatic rings. The minimum absolute atomic E-state index is 0. The summed E-state index contributed by atoms with van der Waals surface area (Å²) in [5, 5.41) is 0. The Morgan fingerprint density at radius 3 is 2.77 bits per heavy atom. The molecule has 0 atom stereocenters. The molecule has 3 heteroatoms. The van der Waals surface area contributed by atoms with Crippen molar-refractivity contribution in [2.24, 2.45) is 0 Å².